The van der Waals surface area contributed by atoms with Crippen molar-refractivity contribution in [1.82, 2.24) is 5.32 Å². The third-order valence-corrected chi connectivity index (χ3v) is 10.3. The highest BCUT2D eigenvalue weighted by molar-refractivity contribution is 5.77. The lowest BCUT2D eigenvalue weighted by Gasteiger charge is -2.24. The topological polar surface area (TPSA) is 95.9 Å². The van der Waals surface area contributed by atoms with Crippen LogP contribution in [0, 0.1) is 0 Å². The second-order valence-electron chi connectivity index (χ2n) is 15.5. The molecule has 0 aliphatic heterocycles. The van der Waals surface area contributed by atoms with E-state index in [2.05, 4.69) is 50.4 Å². The maximum Gasteiger partial charge on any atom is 0.306 e. The maximum absolute atomic E-state index is 13.1. The van der Waals surface area contributed by atoms with E-state index in [1.54, 1.807) is 0 Å². The van der Waals surface area contributed by atoms with Gasteiger partial charge in [0, 0.05) is 6.42 Å². The number of nitrogens with one attached hydrogen (secondary N) is 1. The quantitative estimate of drug-likeness (QED) is 0.0329. The molecule has 0 aliphatic carbocycles. The van der Waals surface area contributed by atoms with Crippen LogP contribution in [0.5, 0.6) is 0 Å². The zero-order chi connectivity index (χ0) is 39.6. The molecule has 0 radical (unpaired) electrons. The molecule has 0 rings (SSSR count). The number of carbonyl (C=O) groups is 2. The van der Waals surface area contributed by atoms with Gasteiger partial charge >= 0.3 is 5.97 Å². The highest BCUT2D eigenvalue weighted by Crippen LogP contribution is 2.17. The van der Waals surface area contributed by atoms with Crippen LogP contribution < -0.4 is 5.32 Å². The van der Waals surface area contributed by atoms with Gasteiger partial charge in [-0.3, -0.25) is 9.59 Å². The first-order valence-corrected chi connectivity index (χ1v) is 22.9. The monoisotopic (exact) mass is 758 g/mol. The van der Waals surface area contributed by atoms with Crippen LogP contribution in [0.15, 0.2) is 48.6 Å². The molecule has 0 spiro atoms. The van der Waals surface area contributed by atoms with Crippen LogP contribution in [0.25, 0.3) is 0 Å². The molecule has 54 heavy (non-hydrogen) atoms. The van der Waals surface area contributed by atoms with Gasteiger partial charge in [-0.15, -0.1) is 0 Å². The Morgan fingerprint density at radius 3 is 1.52 bits per heavy atom. The summed E-state index contributed by atoms with van der Waals surface area (Å²) in [5, 5.41) is 23.6. The fourth-order valence-corrected chi connectivity index (χ4v) is 6.79. The first kappa shape index (κ1) is 51.8. The van der Waals surface area contributed by atoms with Gasteiger partial charge in [-0.25, -0.2) is 0 Å². The highest BCUT2D eigenvalue weighted by atomic mass is 16.5. The molecular weight excluding hydrogens is 671 g/mol. The Morgan fingerprint density at radius 2 is 1.00 bits per heavy atom. The third kappa shape index (κ3) is 36.8. The molecule has 3 atom stereocenters. The number of aliphatic hydroxyl groups excluding tert-OH is 2. The molecular formula is C48H87NO5. The molecule has 0 aromatic rings. The zero-order valence-electron chi connectivity index (χ0n) is 35.6. The summed E-state index contributed by atoms with van der Waals surface area (Å²) < 4.78 is 5.88. The van der Waals surface area contributed by atoms with Gasteiger partial charge in [-0.1, -0.05) is 211 Å². The molecule has 0 fully saturated rings. The number of esters is 1. The van der Waals surface area contributed by atoms with E-state index in [0.29, 0.717) is 19.3 Å². The van der Waals surface area contributed by atoms with E-state index in [-0.39, 0.29) is 24.9 Å². The van der Waals surface area contributed by atoms with Crippen molar-refractivity contribution in [1.29, 1.82) is 0 Å². The molecule has 6 heteroatoms. The summed E-state index contributed by atoms with van der Waals surface area (Å²) in [7, 11) is 0. The lowest BCUT2D eigenvalue weighted by atomic mass is 10.0. The van der Waals surface area contributed by atoms with Crippen molar-refractivity contribution in [3.63, 3.8) is 0 Å². The van der Waals surface area contributed by atoms with E-state index in [1.807, 2.05) is 24.3 Å². The fraction of sp³-hybridized carbons (Fsp3) is 0.792. The van der Waals surface area contributed by atoms with Crippen LogP contribution in [0.4, 0.5) is 0 Å². The number of unbranched alkanes of at least 4 members (excludes halogenated alkanes) is 23. The Kier molecular flexibility index (Phi) is 40.3. The van der Waals surface area contributed by atoms with Crippen molar-refractivity contribution >= 4 is 11.9 Å². The van der Waals surface area contributed by atoms with Gasteiger partial charge in [0.2, 0.25) is 5.91 Å². The molecule has 3 N–H and O–H groups in total. The number of hydrogen-bond donors (Lipinski definition) is 3. The van der Waals surface area contributed by atoms with Crippen molar-refractivity contribution in [2.24, 2.45) is 0 Å². The second-order valence-corrected chi connectivity index (χ2v) is 15.5. The summed E-state index contributed by atoms with van der Waals surface area (Å²) in [5.74, 6) is -0.513. The summed E-state index contributed by atoms with van der Waals surface area (Å²) in [4.78, 5) is 25.9. The molecule has 6 nitrogen and oxygen atoms in total. The lowest BCUT2D eigenvalue weighted by molar-refractivity contribution is -0.151. The predicted octanol–water partition coefficient (Wildman–Crippen LogP) is 13.1. The smallest absolute Gasteiger partial charge is 0.306 e. The lowest BCUT2D eigenvalue weighted by Crippen LogP contribution is -2.46. The van der Waals surface area contributed by atoms with Gasteiger partial charge in [0.1, 0.15) is 6.10 Å². The molecule has 0 aliphatic rings. The van der Waals surface area contributed by atoms with Crippen LogP contribution >= 0.6 is 0 Å². The standard InChI is InChI=1S/C48H87NO5/c1-4-7-10-13-16-19-22-24-25-27-30-33-36-39-44(54-48(53)41-38-35-32-29-21-18-15-12-9-6-3)42-47(52)49-45(43-50)46(51)40-37-34-31-28-26-23-20-17-14-11-8-5-2/h7,10,13,16,19,22,24-25,44-46,50-51H,4-6,8-9,11-12,14-15,17-18,20-21,23,26-43H2,1-3H3,(H,49,52)/b10-7+,16-13+,22-19+,25-24-. The molecule has 0 bridgehead atoms. The van der Waals surface area contributed by atoms with Crippen molar-refractivity contribution in [2.45, 2.75) is 238 Å². The van der Waals surface area contributed by atoms with Crippen LogP contribution in [-0.2, 0) is 14.3 Å². The van der Waals surface area contributed by atoms with Crippen LogP contribution in [0.3, 0.4) is 0 Å². The number of rotatable bonds is 40. The average molecular weight is 758 g/mol. The van der Waals surface area contributed by atoms with Crippen molar-refractivity contribution in [3.8, 4) is 0 Å². The second kappa shape index (κ2) is 42.0. The van der Waals surface area contributed by atoms with E-state index in [1.165, 1.54) is 103 Å². The fourth-order valence-electron chi connectivity index (χ4n) is 6.79. The molecule has 0 heterocycles. The molecule has 0 saturated carbocycles. The Bertz CT molecular complexity index is 941. The Balaban J connectivity index is 4.65. The Labute approximate surface area is 334 Å². The van der Waals surface area contributed by atoms with Gasteiger partial charge < -0.3 is 20.3 Å². The molecule has 0 saturated heterocycles. The minimum Gasteiger partial charge on any atom is -0.462 e. The van der Waals surface area contributed by atoms with Gasteiger partial charge in [0.15, 0.2) is 0 Å². The van der Waals surface area contributed by atoms with Crippen molar-refractivity contribution in [2.75, 3.05) is 6.61 Å². The van der Waals surface area contributed by atoms with Gasteiger partial charge in [-0.2, -0.15) is 0 Å². The van der Waals surface area contributed by atoms with Gasteiger partial charge in [-0.05, 0) is 44.9 Å². The maximum atomic E-state index is 13.1. The molecule has 314 valence electrons. The highest BCUT2D eigenvalue weighted by Gasteiger charge is 2.24. The van der Waals surface area contributed by atoms with E-state index in [9.17, 15) is 19.8 Å². The normalized spacial score (nSPS) is 13.8. The number of aliphatic hydroxyl groups is 2. The zero-order valence-corrected chi connectivity index (χ0v) is 35.6. The number of hydrogen-bond acceptors (Lipinski definition) is 5. The summed E-state index contributed by atoms with van der Waals surface area (Å²) in [6.07, 6.45) is 48.8. The number of allylic oxidation sites excluding steroid dienone is 8. The molecule has 0 aromatic carbocycles. The Hall–Kier alpha value is -2.18. The molecule has 3 unspecified atom stereocenters. The van der Waals surface area contributed by atoms with E-state index >= 15 is 0 Å². The van der Waals surface area contributed by atoms with Gasteiger partial charge in [0.25, 0.3) is 0 Å². The van der Waals surface area contributed by atoms with Gasteiger partial charge in [0.05, 0.1) is 25.2 Å². The SMILES string of the molecule is CC/C=C/C=C/C=C/C=C\CCCCCC(CC(=O)NC(CO)C(O)CCCCCCCCCCCCCC)OC(=O)CCCCCCCCCCCC. The Morgan fingerprint density at radius 1 is 0.556 bits per heavy atom. The summed E-state index contributed by atoms with van der Waals surface area (Å²) in [6.45, 7) is 6.30. The minimum atomic E-state index is -0.795. The number of carbonyl (C=O) groups excluding carboxylic acids is 2. The van der Waals surface area contributed by atoms with Crippen molar-refractivity contribution < 1.29 is 24.5 Å². The van der Waals surface area contributed by atoms with Crippen LogP contribution in [0.2, 0.25) is 0 Å². The minimum absolute atomic E-state index is 0.0528. The third-order valence-electron chi connectivity index (χ3n) is 10.3. The first-order valence-electron chi connectivity index (χ1n) is 22.9. The van der Waals surface area contributed by atoms with Crippen LogP contribution in [-0.4, -0.2) is 46.9 Å². The molecule has 1 amide bonds. The van der Waals surface area contributed by atoms with E-state index in [4.69, 9.17) is 4.74 Å². The van der Waals surface area contributed by atoms with E-state index in [0.717, 1.165) is 70.6 Å². The molecule has 0 aromatic heterocycles. The first-order chi connectivity index (χ1) is 26.5. The summed E-state index contributed by atoms with van der Waals surface area (Å²) in [5.41, 5.74) is 0. The summed E-state index contributed by atoms with van der Waals surface area (Å²) >= 11 is 0. The summed E-state index contributed by atoms with van der Waals surface area (Å²) in [6, 6.07) is -0.711. The van der Waals surface area contributed by atoms with E-state index < -0.39 is 18.2 Å². The largest absolute Gasteiger partial charge is 0.462 e. The van der Waals surface area contributed by atoms with Crippen LogP contribution in [0.1, 0.15) is 220 Å². The number of ether oxygens (including phenoxy) is 1. The average Bonchev–Trinajstić information content (AvgIpc) is 3.16. The number of amides is 1. The predicted molar refractivity (Wildman–Crippen MR) is 232 cm³/mol. The van der Waals surface area contributed by atoms with Crippen molar-refractivity contribution in [3.05, 3.63) is 48.6 Å².